The van der Waals surface area contributed by atoms with Crippen molar-refractivity contribution in [3.63, 3.8) is 0 Å². The van der Waals surface area contributed by atoms with Crippen LogP contribution < -0.4 is 18.9 Å². The van der Waals surface area contributed by atoms with Crippen LogP contribution in [-0.4, -0.2) is 25.2 Å². The van der Waals surface area contributed by atoms with Crippen LogP contribution in [0.4, 0.5) is 0 Å². The van der Waals surface area contributed by atoms with Crippen LogP contribution in [0.5, 0.6) is 23.0 Å². The Labute approximate surface area is 213 Å². The Morgan fingerprint density at radius 2 is 0.861 bits per heavy atom. The summed E-state index contributed by atoms with van der Waals surface area (Å²) in [4.78, 5) is 24.9. The standard InChI is InChI=1S/C30H34O6/c1-5-21(3)19-33-25-11-7-23(8-12-25)29(31)35-27-15-17-28(18-16-27)36-30(32)24-9-13-26(14-10-24)34-20-22(4)6-2/h7-18,21-22H,5-6,19-20H2,1-4H3. The van der Waals surface area contributed by atoms with Crippen molar-refractivity contribution >= 4 is 11.9 Å². The highest BCUT2D eigenvalue weighted by Gasteiger charge is 2.12. The van der Waals surface area contributed by atoms with Gasteiger partial charge in [0.2, 0.25) is 0 Å². The third-order valence-electron chi connectivity index (χ3n) is 5.89. The van der Waals surface area contributed by atoms with Crippen molar-refractivity contribution in [2.75, 3.05) is 13.2 Å². The van der Waals surface area contributed by atoms with Gasteiger partial charge in [-0.15, -0.1) is 0 Å². The molecule has 0 saturated heterocycles. The SMILES string of the molecule is CCC(C)COc1ccc(C(=O)Oc2ccc(OC(=O)c3ccc(OCC(C)CC)cc3)cc2)cc1. The minimum Gasteiger partial charge on any atom is -0.493 e. The molecule has 0 heterocycles. The van der Waals surface area contributed by atoms with Crippen LogP contribution in [0.3, 0.4) is 0 Å². The first kappa shape index (κ1) is 26.8. The van der Waals surface area contributed by atoms with Crippen LogP contribution in [0.2, 0.25) is 0 Å². The maximum atomic E-state index is 12.5. The molecule has 0 amide bonds. The molecule has 0 aliphatic heterocycles. The van der Waals surface area contributed by atoms with E-state index < -0.39 is 11.9 Å². The van der Waals surface area contributed by atoms with Crippen LogP contribution in [0.25, 0.3) is 0 Å². The van der Waals surface area contributed by atoms with E-state index in [4.69, 9.17) is 18.9 Å². The van der Waals surface area contributed by atoms with Gasteiger partial charge < -0.3 is 18.9 Å². The van der Waals surface area contributed by atoms with Crippen molar-refractivity contribution in [2.45, 2.75) is 40.5 Å². The van der Waals surface area contributed by atoms with Crippen molar-refractivity contribution < 1.29 is 28.5 Å². The van der Waals surface area contributed by atoms with Gasteiger partial charge in [0.15, 0.2) is 0 Å². The molecule has 2 unspecified atom stereocenters. The quantitative estimate of drug-likeness (QED) is 0.202. The van der Waals surface area contributed by atoms with E-state index in [2.05, 4.69) is 27.7 Å². The van der Waals surface area contributed by atoms with E-state index in [9.17, 15) is 9.59 Å². The van der Waals surface area contributed by atoms with Crippen molar-refractivity contribution in [3.8, 4) is 23.0 Å². The van der Waals surface area contributed by atoms with Crippen LogP contribution >= 0.6 is 0 Å². The molecule has 0 aromatic heterocycles. The maximum Gasteiger partial charge on any atom is 0.343 e. The fourth-order valence-corrected chi connectivity index (χ4v) is 2.99. The van der Waals surface area contributed by atoms with Crippen LogP contribution in [0.15, 0.2) is 72.8 Å². The lowest BCUT2D eigenvalue weighted by atomic mass is 10.1. The van der Waals surface area contributed by atoms with Gasteiger partial charge in [0, 0.05) is 0 Å². The highest BCUT2D eigenvalue weighted by atomic mass is 16.5. The summed E-state index contributed by atoms with van der Waals surface area (Å²) in [5.74, 6) is 2.09. The zero-order valence-electron chi connectivity index (χ0n) is 21.4. The summed E-state index contributed by atoms with van der Waals surface area (Å²) in [6.45, 7) is 9.76. The Balaban J connectivity index is 1.50. The molecule has 0 aliphatic rings. The molecule has 190 valence electrons. The Bertz CT molecular complexity index is 1010. The van der Waals surface area contributed by atoms with Crippen LogP contribution in [0.1, 0.15) is 61.3 Å². The van der Waals surface area contributed by atoms with Gasteiger partial charge in [-0.2, -0.15) is 0 Å². The number of hydrogen-bond donors (Lipinski definition) is 0. The summed E-state index contributed by atoms with van der Waals surface area (Å²) >= 11 is 0. The first-order valence-corrected chi connectivity index (χ1v) is 12.4. The molecule has 6 nitrogen and oxygen atoms in total. The second-order valence-corrected chi connectivity index (χ2v) is 8.95. The third kappa shape index (κ3) is 8.15. The molecule has 0 bridgehead atoms. The predicted octanol–water partition coefficient (Wildman–Crippen LogP) is 6.97. The maximum absolute atomic E-state index is 12.5. The normalized spacial score (nSPS) is 12.3. The lowest BCUT2D eigenvalue weighted by molar-refractivity contribution is 0.0719. The van der Waals surface area contributed by atoms with Crippen LogP contribution in [-0.2, 0) is 0 Å². The Morgan fingerprint density at radius 1 is 0.556 bits per heavy atom. The van der Waals surface area contributed by atoms with Gasteiger partial charge in [-0.3, -0.25) is 0 Å². The first-order chi connectivity index (χ1) is 17.4. The minimum atomic E-state index is -0.483. The van der Waals surface area contributed by atoms with Gasteiger partial charge in [-0.25, -0.2) is 9.59 Å². The average molecular weight is 491 g/mol. The Hall–Kier alpha value is -3.80. The molecule has 36 heavy (non-hydrogen) atoms. The first-order valence-electron chi connectivity index (χ1n) is 12.4. The second kappa shape index (κ2) is 13.3. The molecular weight excluding hydrogens is 456 g/mol. The number of carbonyl (C=O) groups excluding carboxylic acids is 2. The number of benzene rings is 3. The van der Waals surface area contributed by atoms with Crippen molar-refractivity contribution in [3.05, 3.63) is 83.9 Å². The van der Waals surface area contributed by atoms with Gasteiger partial charge >= 0.3 is 11.9 Å². The molecule has 0 aliphatic carbocycles. The summed E-state index contributed by atoms with van der Waals surface area (Å²) in [5, 5.41) is 0. The molecule has 6 heteroatoms. The molecule has 0 radical (unpaired) electrons. The number of rotatable bonds is 12. The monoisotopic (exact) mass is 490 g/mol. The Morgan fingerprint density at radius 3 is 1.17 bits per heavy atom. The van der Waals surface area contributed by atoms with Crippen molar-refractivity contribution in [2.24, 2.45) is 11.8 Å². The highest BCUT2D eigenvalue weighted by molar-refractivity contribution is 5.92. The van der Waals surface area contributed by atoms with E-state index in [-0.39, 0.29) is 0 Å². The average Bonchev–Trinajstić information content (AvgIpc) is 2.91. The van der Waals surface area contributed by atoms with E-state index >= 15 is 0 Å². The zero-order chi connectivity index (χ0) is 25.9. The van der Waals surface area contributed by atoms with Gasteiger partial charge in [-0.1, -0.05) is 40.5 Å². The van der Waals surface area contributed by atoms with Gasteiger partial charge in [0.25, 0.3) is 0 Å². The van der Waals surface area contributed by atoms with E-state index in [1.165, 1.54) is 0 Å². The third-order valence-corrected chi connectivity index (χ3v) is 5.89. The molecule has 3 rings (SSSR count). The smallest absolute Gasteiger partial charge is 0.343 e. The number of esters is 2. The number of hydrogen-bond acceptors (Lipinski definition) is 6. The molecule has 2 atom stereocenters. The highest BCUT2D eigenvalue weighted by Crippen LogP contribution is 2.22. The lowest BCUT2D eigenvalue weighted by Crippen LogP contribution is -2.10. The number of ether oxygens (including phenoxy) is 4. The molecule has 3 aromatic rings. The Kier molecular flexibility index (Phi) is 9.92. The molecular formula is C30H34O6. The summed E-state index contributed by atoms with van der Waals surface area (Å²) < 4.78 is 22.3. The fraction of sp³-hybridized carbons (Fsp3) is 0.333. The van der Waals surface area contributed by atoms with E-state index in [0.29, 0.717) is 59.2 Å². The number of carbonyl (C=O) groups is 2. The van der Waals surface area contributed by atoms with Crippen molar-refractivity contribution in [1.29, 1.82) is 0 Å². The fourth-order valence-electron chi connectivity index (χ4n) is 2.99. The van der Waals surface area contributed by atoms with Gasteiger partial charge in [0.1, 0.15) is 23.0 Å². The summed E-state index contributed by atoms with van der Waals surface area (Å²) in [6, 6.07) is 20.0. The topological polar surface area (TPSA) is 71.1 Å². The van der Waals surface area contributed by atoms with Gasteiger partial charge in [0.05, 0.1) is 24.3 Å². The van der Waals surface area contributed by atoms with E-state index in [1.807, 2.05) is 0 Å². The summed E-state index contributed by atoms with van der Waals surface area (Å²) in [6.07, 6.45) is 2.09. The van der Waals surface area contributed by atoms with Crippen LogP contribution in [0, 0.1) is 11.8 Å². The predicted molar refractivity (Wildman–Crippen MR) is 139 cm³/mol. The molecule has 3 aromatic carbocycles. The molecule has 0 spiro atoms. The summed E-state index contributed by atoms with van der Waals surface area (Å²) in [5.41, 5.74) is 0.830. The molecule has 0 N–H and O–H groups in total. The van der Waals surface area contributed by atoms with Gasteiger partial charge in [-0.05, 0) is 84.6 Å². The second-order valence-electron chi connectivity index (χ2n) is 8.95. The minimum absolute atomic E-state index is 0.347. The summed E-state index contributed by atoms with van der Waals surface area (Å²) in [7, 11) is 0. The van der Waals surface area contributed by atoms with E-state index in [1.54, 1.807) is 72.8 Å². The zero-order valence-corrected chi connectivity index (χ0v) is 21.4. The van der Waals surface area contributed by atoms with Crippen molar-refractivity contribution in [1.82, 2.24) is 0 Å². The lowest BCUT2D eigenvalue weighted by Gasteiger charge is -2.11. The van der Waals surface area contributed by atoms with E-state index in [0.717, 1.165) is 12.8 Å². The molecule has 0 fully saturated rings. The molecule has 0 saturated carbocycles. The largest absolute Gasteiger partial charge is 0.493 e.